The Bertz CT molecular complexity index is 35.4. The van der Waals surface area contributed by atoms with E-state index in [0.717, 1.165) is 0 Å². The van der Waals surface area contributed by atoms with E-state index in [2.05, 4.69) is 11.6 Å². The summed E-state index contributed by atoms with van der Waals surface area (Å²) in [4.78, 5) is 0. The standard InChI is InChI=1S/C5H13NS2/c1-3-4-5-7-8-6-2/h6H,3-5H2,1-2H3. The summed E-state index contributed by atoms with van der Waals surface area (Å²) in [5.41, 5.74) is 0. The van der Waals surface area contributed by atoms with Gasteiger partial charge in [-0.1, -0.05) is 24.1 Å². The van der Waals surface area contributed by atoms with Crippen LogP contribution in [0.15, 0.2) is 0 Å². The van der Waals surface area contributed by atoms with Crippen molar-refractivity contribution in [2.24, 2.45) is 0 Å². The van der Waals surface area contributed by atoms with Crippen LogP contribution in [0.25, 0.3) is 0 Å². The van der Waals surface area contributed by atoms with E-state index in [0.29, 0.717) is 0 Å². The van der Waals surface area contributed by atoms with Gasteiger partial charge >= 0.3 is 0 Å². The van der Waals surface area contributed by atoms with Gasteiger partial charge in [0.2, 0.25) is 0 Å². The zero-order valence-corrected chi connectivity index (χ0v) is 7.07. The molecule has 0 aromatic rings. The lowest BCUT2D eigenvalue weighted by atomic mass is 10.4. The van der Waals surface area contributed by atoms with Gasteiger partial charge in [-0.15, -0.1) is 0 Å². The Morgan fingerprint density at radius 1 is 1.50 bits per heavy atom. The van der Waals surface area contributed by atoms with E-state index in [9.17, 15) is 0 Å². The van der Waals surface area contributed by atoms with Crippen LogP contribution in [0.1, 0.15) is 19.8 Å². The molecule has 0 unspecified atom stereocenters. The van der Waals surface area contributed by atoms with Crippen LogP contribution in [-0.4, -0.2) is 12.8 Å². The summed E-state index contributed by atoms with van der Waals surface area (Å²) >= 11 is 0. The smallest absolute Gasteiger partial charge is 0.00493 e. The Balaban J connectivity index is 2.53. The van der Waals surface area contributed by atoms with Crippen molar-refractivity contribution in [2.45, 2.75) is 19.8 Å². The van der Waals surface area contributed by atoms with Gasteiger partial charge in [0.25, 0.3) is 0 Å². The van der Waals surface area contributed by atoms with Gasteiger partial charge in [0.05, 0.1) is 0 Å². The number of unbranched alkanes of at least 4 members (excludes halogenated alkanes) is 1. The first-order chi connectivity index (χ1) is 3.91. The zero-order valence-electron chi connectivity index (χ0n) is 5.44. The number of hydrogen-bond acceptors (Lipinski definition) is 3. The van der Waals surface area contributed by atoms with Gasteiger partial charge in [-0.2, -0.15) is 0 Å². The second kappa shape index (κ2) is 7.66. The maximum atomic E-state index is 3.01. The molecule has 0 aliphatic rings. The van der Waals surface area contributed by atoms with E-state index in [1.165, 1.54) is 18.6 Å². The van der Waals surface area contributed by atoms with Crippen molar-refractivity contribution in [2.75, 3.05) is 12.8 Å². The van der Waals surface area contributed by atoms with Gasteiger partial charge in [-0.25, -0.2) is 0 Å². The van der Waals surface area contributed by atoms with Crippen LogP contribution in [0.2, 0.25) is 0 Å². The molecule has 3 heteroatoms. The molecule has 0 bridgehead atoms. The van der Waals surface area contributed by atoms with Crippen molar-refractivity contribution in [3.05, 3.63) is 0 Å². The summed E-state index contributed by atoms with van der Waals surface area (Å²) in [6, 6.07) is 0. The van der Waals surface area contributed by atoms with Crippen LogP contribution in [0.3, 0.4) is 0 Å². The maximum Gasteiger partial charge on any atom is 0.00493 e. The summed E-state index contributed by atoms with van der Waals surface area (Å²) in [7, 11) is 5.55. The zero-order chi connectivity index (χ0) is 6.24. The monoisotopic (exact) mass is 151 g/mol. The Labute approximate surface area is 59.5 Å². The van der Waals surface area contributed by atoms with Gasteiger partial charge in [-0.05, 0) is 24.4 Å². The quantitative estimate of drug-likeness (QED) is 0.368. The van der Waals surface area contributed by atoms with Crippen LogP contribution in [0, 0.1) is 0 Å². The Morgan fingerprint density at radius 2 is 2.25 bits per heavy atom. The van der Waals surface area contributed by atoms with Gasteiger partial charge in [0.15, 0.2) is 0 Å². The molecule has 0 spiro atoms. The fourth-order valence-electron chi connectivity index (χ4n) is 0.304. The van der Waals surface area contributed by atoms with E-state index < -0.39 is 0 Å². The summed E-state index contributed by atoms with van der Waals surface area (Å²) in [6.07, 6.45) is 2.64. The lowest BCUT2D eigenvalue weighted by Crippen LogP contribution is -1.86. The van der Waals surface area contributed by atoms with Crippen LogP contribution in [0.4, 0.5) is 0 Å². The highest BCUT2D eigenvalue weighted by Crippen LogP contribution is 2.17. The number of rotatable bonds is 5. The second-order valence-electron chi connectivity index (χ2n) is 1.46. The Hall–Kier alpha value is 0.660. The first kappa shape index (κ1) is 8.66. The Morgan fingerprint density at radius 3 is 2.75 bits per heavy atom. The average Bonchev–Trinajstić information content (AvgIpc) is 1.81. The molecule has 0 radical (unpaired) electrons. The fourth-order valence-corrected chi connectivity index (χ4v) is 1.87. The van der Waals surface area contributed by atoms with Crippen LogP contribution >= 0.6 is 21.8 Å². The van der Waals surface area contributed by atoms with Gasteiger partial charge in [0, 0.05) is 5.75 Å². The largest absolute Gasteiger partial charge is 0.258 e. The molecule has 0 atom stereocenters. The van der Waals surface area contributed by atoms with Crippen molar-refractivity contribution in [1.29, 1.82) is 0 Å². The van der Waals surface area contributed by atoms with E-state index >= 15 is 0 Å². The topological polar surface area (TPSA) is 12.0 Å². The van der Waals surface area contributed by atoms with Crippen LogP contribution < -0.4 is 4.72 Å². The minimum absolute atomic E-state index is 1.27. The van der Waals surface area contributed by atoms with Crippen LogP contribution in [0.5, 0.6) is 0 Å². The van der Waals surface area contributed by atoms with Crippen molar-refractivity contribution in [3.63, 3.8) is 0 Å². The molecule has 0 aliphatic heterocycles. The summed E-state index contributed by atoms with van der Waals surface area (Å²) < 4.78 is 3.01. The third-order valence-corrected chi connectivity index (χ3v) is 2.82. The van der Waals surface area contributed by atoms with E-state index in [1.54, 1.807) is 11.0 Å². The lowest BCUT2D eigenvalue weighted by Gasteiger charge is -1.94. The van der Waals surface area contributed by atoms with Gasteiger partial charge in [0.1, 0.15) is 0 Å². The minimum atomic E-state index is 1.27. The minimum Gasteiger partial charge on any atom is -0.258 e. The first-order valence-corrected chi connectivity index (χ1v) is 5.19. The molecule has 0 heterocycles. The van der Waals surface area contributed by atoms with Crippen molar-refractivity contribution in [3.8, 4) is 0 Å². The molecule has 0 amide bonds. The molecule has 0 saturated heterocycles. The SMILES string of the molecule is CCCCSSNC. The van der Waals surface area contributed by atoms with E-state index in [-0.39, 0.29) is 0 Å². The molecule has 1 nitrogen and oxygen atoms in total. The highest BCUT2D eigenvalue weighted by atomic mass is 33.1. The predicted molar refractivity (Wildman–Crippen MR) is 44.0 cm³/mol. The summed E-state index contributed by atoms with van der Waals surface area (Å²) in [5.74, 6) is 1.27. The molecular formula is C5H13NS2. The third kappa shape index (κ3) is 6.66. The van der Waals surface area contributed by atoms with E-state index in [4.69, 9.17) is 0 Å². The van der Waals surface area contributed by atoms with Crippen molar-refractivity contribution < 1.29 is 0 Å². The van der Waals surface area contributed by atoms with Crippen LogP contribution in [-0.2, 0) is 0 Å². The molecule has 0 aromatic heterocycles. The van der Waals surface area contributed by atoms with E-state index in [1.807, 2.05) is 17.8 Å². The molecule has 0 aliphatic carbocycles. The summed E-state index contributed by atoms with van der Waals surface area (Å²) in [6.45, 7) is 2.21. The number of hydrogen-bond donors (Lipinski definition) is 1. The van der Waals surface area contributed by atoms with Crippen molar-refractivity contribution >= 4 is 21.8 Å². The second-order valence-corrected chi connectivity index (χ2v) is 3.89. The lowest BCUT2D eigenvalue weighted by molar-refractivity contribution is 0.898. The van der Waals surface area contributed by atoms with Gasteiger partial charge in [-0.3, -0.25) is 4.72 Å². The first-order valence-electron chi connectivity index (χ1n) is 2.87. The highest BCUT2D eigenvalue weighted by molar-refractivity contribution is 8.76. The fraction of sp³-hybridized carbons (Fsp3) is 1.00. The number of nitrogens with one attached hydrogen (secondary N) is 1. The molecule has 0 fully saturated rings. The summed E-state index contributed by atoms with van der Waals surface area (Å²) in [5, 5.41) is 0. The molecule has 8 heavy (non-hydrogen) atoms. The third-order valence-electron chi connectivity index (χ3n) is 0.723. The average molecular weight is 151 g/mol. The van der Waals surface area contributed by atoms with Gasteiger partial charge < -0.3 is 0 Å². The molecule has 1 N–H and O–H groups in total. The van der Waals surface area contributed by atoms with Crippen molar-refractivity contribution in [1.82, 2.24) is 4.72 Å². The highest BCUT2D eigenvalue weighted by Gasteiger charge is 1.83. The molecule has 0 rings (SSSR count). The molecular weight excluding hydrogens is 138 g/mol. The molecule has 0 saturated carbocycles. The maximum absolute atomic E-state index is 3.01. The Kier molecular flexibility index (Phi) is 8.29. The normalized spacial score (nSPS) is 9.75. The predicted octanol–water partition coefficient (Wildman–Crippen LogP) is 2.30. The molecule has 0 aromatic carbocycles. The molecule has 50 valence electrons.